The molecule has 0 fully saturated rings. The van der Waals surface area contributed by atoms with E-state index < -0.39 is 0 Å². The molecule has 1 amide bonds. The lowest BCUT2D eigenvalue weighted by Crippen LogP contribution is -2.24. The Morgan fingerprint density at radius 2 is 2.13 bits per heavy atom. The van der Waals surface area contributed by atoms with E-state index in [1.54, 1.807) is 31.4 Å². The zero-order valence-electron chi connectivity index (χ0n) is 9.06. The number of aryl methyl sites for hydroxylation is 1. The first-order valence-electron chi connectivity index (χ1n) is 4.75. The van der Waals surface area contributed by atoms with Gasteiger partial charge in [-0.05, 0) is 18.6 Å². The Kier molecular flexibility index (Phi) is 2.19. The smallest absolute Gasteiger partial charge is 0.270 e. The fourth-order valence-electron chi connectivity index (χ4n) is 1.55. The van der Waals surface area contributed by atoms with Crippen molar-refractivity contribution in [3.05, 3.63) is 35.8 Å². The zero-order valence-corrected chi connectivity index (χ0v) is 9.06. The summed E-state index contributed by atoms with van der Waals surface area (Å²) in [5.41, 5.74) is 2.54. The van der Waals surface area contributed by atoms with E-state index in [-0.39, 0.29) is 5.91 Å². The van der Waals surface area contributed by atoms with Gasteiger partial charge in [-0.1, -0.05) is 6.07 Å². The number of nitrogens with zero attached hydrogens (tertiary/aromatic N) is 3. The maximum absolute atomic E-state index is 11.8. The molecule has 0 aliphatic rings. The molecule has 0 bridgehead atoms. The van der Waals surface area contributed by atoms with Gasteiger partial charge in [0.05, 0.1) is 0 Å². The average molecular weight is 203 g/mol. The number of amides is 1. The molecule has 0 saturated heterocycles. The summed E-state index contributed by atoms with van der Waals surface area (Å²) in [5.74, 6) is -0.0157. The summed E-state index contributed by atoms with van der Waals surface area (Å²) in [6, 6.07) is 3.74. The number of aromatic nitrogens is 2. The van der Waals surface area contributed by atoms with Crippen LogP contribution in [-0.4, -0.2) is 34.3 Å². The predicted molar refractivity (Wildman–Crippen MR) is 57.9 cm³/mol. The molecule has 15 heavy (non-hydrogen) atoms. The molecule has 0 spiro atoms. The average Bonchev–Trinajstić information content (AvgIpc) is 2.66. The van der Waals surface area contributed by atoms with E-state index in [0.29, 0.717) is 5.69 Å². The number of carbonyl (C=O) groups excluding carboxylic acids is 1. The fraction of sp³-hybridized carbons (Fsp3) is 0.273. The van der Waals surface area contributed by atoms with Crippen LogP contribution in [0.25, 0.3) is 5.65 Å². The Hall–Kier alpha value is -1.84. The monoisotopic (exact) mass is 203 g/mol. The van der Waals surface area contributed by atoms with Crippen LogP contribution in [0.2, 0.25) is 0 Å². The Labute approximate surface area is 88.2 Å². The molecule has 2 aromatic rings. The summed E-state index contributed by atoms with van der Waals surface area (Å²) >= 11 is 0. The number of carbonyl (C=O) groups is 1. The van der Waals surface area contributed by atoms with Crippen molar-refractivity contribution in [3.8, 4) is 0 Å². The lowest BCUT2D eigenvalue weighted by atomic mass is 10.2. The highest BCUT2D eigenvalue weighted by Crippen LogP contribution is 2.12. The fourth-order valence-corrected chi connectivity index (χ4v) is 1.55. The number of hydrogen-bond donors (Lipinski definition) is 0. The molecule has 0 aromatic carbocycles. The van der Waals surface area contributed by atoms with Crippen LogP contribution in [0, 0.1) is 6.92 Å². The summed E-state index contributed by atoms with van der Waals surface area (Å²) in [6.45, 7) is 1.98. The molecule has 0 atom stereocenters. The Bertz CT molecular complexity index is 514. The first-order valence-corrected chi connectivity index (χ1v) is 4.75. The molecule has 0 saturated carbocycles. The predicted octanol–water partition coefficient (Wildman–Crippen LogP) is 1.34. The molecule has 2 rings (SSSR count). The number of imidazole rings is 1. The van der Waals surface area contributed by atoms with Gasteiger partial charge < -0.3 is 4.90 Å². The molecule has 4 nitrogen and oxygen atoms in total. The number of hydrogen-bond acceptors (Lipinski definition) is 2. The van der Waals surface area contributed by atoms with Crippen LogP contribution in [-0.2, 0) is 0 Å². The topological polar surface area (TPSA) is 37.6 Å². The molecular formula is C11H13N3O. The van der Waals surface area contributed by atoms with E-state index in [2.05, 4.69) is 4.98 Å². The second-order valence-corrected chi connectivity index (χ2v) is 3.72. The van der Waals surface area contributed by atoms with Gasteiger partial charge >= 0.3 is 0 Å². The maximum atomic E-state index is 11.8. The van der Waals surface area contributed by atoms with Gasteiger partial charge in [-0.3, -0.25) is 9.20 Å². The minimum atomic E-state index is -0.0157. The molecule has 0 aliphatic carbocycles. The van der Waals surface area contributed by atoms with Crippen molar-refractivity contribution in [2.24, 2.45) is 0 Å². The van der Waals surface area contributed by atoms with Gasteiger partial charge in [0.1, 0.15) is 11.3 Å². The van der Waals surface area contributed by atoms with Crippen molar-refractivity contribution in [1.29, 1.82) is 0 Å². The lowest BCUT2D eigenvalue weighted by Gasteiger charge is -2.12. The third kappa shape index (κ3) is 1.48. The maximum Gasteiger partial charge on any atom is 0.270 e. The van der Waals surface area contributed by atoms with Crippen molar-refractivity contribution in [1.82, 2.24) is 14.3 Å². The molecule has 2 aromatic heterocycles. The summed E-state index contributed by atoms with van der Waals surface area (Å²) in [5, 5.41) is 0. The van der Waals surface area contributed by atoms with E-state index >= 15 is 0 Å². The van der Waals surface area contributed by atoms with Crippen LogP contribution in [0.1, 0.15) is 16.1 Å². The van der Waals surface area contributed by atoms with Crippen LogP contribution in [0.15, 0.2) is 24.5 Å². The quantitative estimate of drug-likeness (QED) is 0.701. The van der Waals surface area contributed by atoms with Crippen LogP contribution in [0.5, 0.6) is 0 Å². The van der Waals surface area contributed by atoms with Crippen molar-refractivity contribution < 1.29 is 4.79 Å². The highest BCUT2D eigenvalue weighted by atomic mass is 16.2. The minimum absolute atomic E-state index is 0.0157. The van der Waals surface area contributed by atoms with Gasteiger partial charge in [-0.2, -0.15) is 0 Å². The third-order valence-corrected chi connectivity index (χ3v) is 2.37. The number of pyridine rings is 1. The normalized spacial score (nSPS) is 10.6. The van der Waals surface area contributed by atoms with E-state index in [9.17, 15) is 4.79 Å². The van der Waals surface area contributed by atoms with Gasteiger partial charge in [0.15, 0.2) is 0 Å². The van der Waals surface area contributed by atoms with Gasteiger partial charge in [0, 0.05) is 26.5 Å². The molecule has 78 valence electrons. The van der Waals surface area contributed by atoms with Crippen LogP contribution >= 0.6 is 0 Å². The molecular weight excluding hydrogens is 190 g/mol. The van der Waals surface area contributed by atoms with Crippen LogP contribution < -0.4 is 0 Å². The second kappa shape index (κ2) is 3.38. The Morgan fingerprint density at radius 1 is 1.40 bits per heavy atom. The lowest BCUT2D eigenvalue weighted by molar-refractivity contribution is 0.0820. The van der Waals surface area contributed by atoms with Crippen molar-refractivity contribution in [2.45, 2.75) is 6.92 Å². The van der Waals surface area contributed by atoms with E-state index in [4.69, 9.17) is 0 Å². The minimum Gasteiger partial charge on any atom is -0.343 e. The molecule has 4 heteroatoms. The first kappa shape index (κ1) is 9.71. The molecule has 0 aliphatic heterocycles. The van der Waals surface area contributed by atoms with Gasteiger partial charge in [-0.15, -0.1) is 0 Å². The summed E-state index contributed by atoms with van der Waals surface area (Å²) < 4.78 is 1.82. The highest BCUT2D eigenvalue weighted by Gasteiger charge is 2.12. The molecule has 0 radical (unpaired) electrons. The van der Waals surface area contributed by atoms with Gasteiger partial charge in [-0.25, -0.2) is 4.98 Å². The van der Waals surface area contributed by atoms with E-state index in [1.165, 1.54) is 0 Å². The second-order valence-electron chi connectivity index (χ2n) is 3.72. The van der Waals surface area contributed by atoms with Crippen molar-refractivity contribution in [2.75, 3.05) is 14.1 Å². The Balaban J connectivity index is 2.67. The summed E-state index contributed by atoms with van der Waals surface area (Å²) in [4.78, 5) is 17.6. The summed E-state index contributed by atoms with van der Waals surface area (Å²) in [7, 11) is 3.48. The standard InChI is InChI=1S/C11H13N3O/c1-8-4-5-9(11(15)13(2)3)14-7-6-12-10(8)14/h4-7H,1-3H3. The molecule has 0 unspecified atom stereocenters. The van der Waals surface area contributed by atoms with E-state index in [1.807, 2.05) is 23.5 Å². The molecule has 0 N–H and O–H groups in total. The zero-order chi connectivity index (χ0) is 11.0. The molecule has 2 heterocycles. The van der Waals surface area contributed by atoms with Crippen molar-refractivity contribution >= 4 is 11.6 Å². The Morgan fingerprint density at radius 3 is 2.80 bits per heavy atom. The van der Waals surface area contributed by atoms with Gasteiger partial charge in [0.25, 0.3) is 5.91 Å². The summed E-state index contributed by atoms with van der Waals surface area (Å²) in [6.07, 6.45) is 3.51. The van der Waals surface area contributed by atoms with Crippen LogP contribution in [0.4, 0.5) is 0 Å². The number of fused-ring (bicyclic) bond motifs is 1. The SMILES string of the molecule is Cc1ccc(C(=O)N(C)C)n2ccnc12. The first-order chi connectivity index (χ1) is 7.11. The largest absolute Gasteiger partial charge is 0.343 e. The van der Waals surface area contributed by atoms with E-state index in [0.717, 1.165) is 11.2 Å². The number of rotatable bonds is 1. The third-order valence-electron chi connectivity index (χ3n) is 2.37. The van der Waals surface area contributed by atoms with Gasteiger partial charge in [0.2, 0.25) is 0 Å². The van der Waals surface area contributed by atoms with Crippen LogP contribution in [0.3, 0.4) is 0 Å². The van der Waals surface area contributed by atoms with Crippen molar-refractivity contribution in [3.63, 3.8) is 0 Å². The highest BCUT2D eigenvalue weighted by molar-refractivity contribution is 5.93.